The van der Waals surface area contributed by atoms with Gasteiger partial charge in [-0.05, 0) is 36.5 Å². The van der Waals surface area contributed by atoms with E-state index >= 15 is 0 Å². The van der Waals surface area contributed by atoms with Gasteiger partial charge in [0.2, 0.25) is 0 Å². The van der Waals surface area contributed by atoms with Crippen LogP contribution < -0.4 is 5.32 Å². The third-order valence-corrected chi connectivity index (χ3v) is 3.84. The number of benzene rings is 1. The lowest BCUT2D eigenvalue weighted by Crippen LogP contribution is -2.19. The summed E-state index contributed by atoms with van der Waals surface area (Å²) in [7, 11) is 0. The highest BCUT2D eigenvalue weighted by atomic mass is 16.2. The molecule has 3 rings (SSSR count). The molecule has 88 valence electrons. The highest BCUT2D eigenvalue weighted by Crippen LogP contribution is 2.33. The van der Waals surface area contributed by atoms with Crippen molar-refractivity contribution in [3.8, 4) is 0 Å². The van der Waals surface area contributed by atoms with Gasteiger partial charge in [-0.3, -0.25) is 14.9 Å². The molecule has 1 saturated carbocycles. The Balaban J connectivity index is 1.95. The molecule has 1 aliphatic carbocycles. The van der Waals surface area contributed by atoms with Crippen molar-refractivity contribution in [3.05, 3.63) is 34.9 Å². The number of hydrogen-bond donors (Lipinski definition) is 1. The number of amides is 2. The third kappa shape index (κ3) is 1.75. The molecule has 0 bridgehead atoms. The SMILES string of the molecule is O=C1NC(=O)c2cc(C3CCCCC3)ccc21. The fourth-order valence-corrected chi connectivity index (χ4v) is 2.88. The van der Waals surface area contributed by atoms with E-state index < -0.39 is 0 Å². The van der Waals surface area contributed by atoms with E-state index in [-0.39, 0.29) is 11.8 Å². The normalized spacial score (nSPS) is 20.2. The van der Waals surface area contributed by atoms with Crippen LogP contribution in [0.1, 0.15) is 64.3 Å². The second kappa shape index (κ2) is 3.99. The topological polar surface area (TPSA) is 46.2 Å². The Hall–Kier alpha value is -1.64. The molecule has 2 aliphatic rings. The molecule has 1 fully saturated rings. The molecule has 3 nitrogen and oxygen atoms in total. The summed E-state index contributed by atoms with van der Waals surface area (Å²) in [4.78, 5) is 23.0. The summed E-state index contributed by atoms with van der Waals surface area (Å²) in [6.07, 6.45) is 6.27. The predicted molar refractivity (Wildman–Crippen MR) is 64.1 cm³/mol. The molecular formula is C14H15NO2. The van der Waals surface area contributed by atoms with Crippen LogP contribution in [0.15, 0.2) is 18.2 Å². The Morgan fingerprint density at radius 3 is 2.41 bits per heavy atom. The van der Waals surface area contributed by atoms with E-state index in [1.165, 1.54) is 37.7 Å². The van der Waals surface area contributed by atoms with Gasteiger partial charge in [-0.2, -0.15) is 0 Å². The van der Waals surface area contributed by atoms with Crippen LogP contribution in [-0.2, 0) is 0 Å². The fourth-order valence-electron chi connectivity index (χ4n) is 2.88. The van der Waals surface area contributed by atoms with Crippen molar-refractivity contribution >= 4 is 11.8 Å². The molecule has 1 N–H and O–H groups in total. The number of hydrogen-bond acceptors (Lipinski definition) is 2. The van der Waals surface area contributed by atoms with Gasteiger partial charge in [0.05, 0.1) is 11.1 Å². The minimum atomic E-state index is -0.264. The first-order chi connectivity index (χ1) is 8.25. The predicted octanol–water partition coefficient (Wildman–Crippen LogP) is 2.62. The van der Waals surface area contributed by atoms with Gasteiger partial charge in [-0.1, -0.05) is 25.3 Å². The first-order valence-corrected chi connectivity index (χ1v) is 6.25. The molecule has 0 radical (unpaired) electrons. The molecule has 2 amide bonds. The Morgan fingerprint density at radius 1 is 0.941 bits per heavy atom. The van der Waals surface area contributed by atoms with E-state index in [9.17, 15) is 9.59 Å². The minimum Gasteiger partial charge on any atom is -0.288 e. The Morgan fingerprint density at radius 2 is 1.65 bits per heavy atom. The van der Waals surface area contributed by atoms with Crippen molar-refractivity contribution in [2.75, 3.05) is 0 Å². The van der Waals surface area contributed by atoms with E-state index in [1.54, 1.807) is 6.07 Å². The monoisotopic (exact) mass is 229 g/mol. The zero-order valence-electron chi connectivity index (χ0n) is 9.66. The Bertz CT molecular complexity index is 487. The van der Waals surface area contributed by atoms with Crippen LogP contribution in [0.4, 0.5) is 0 Å². The van der Waals surface area contributed by atoms with Crippen molar-refractivity contribution in [1.82, 2.24) is 5.32 Å². The average Bonchev–Trinajstić information content (AvgIpc) is 2.66. The van der Waals surface area contributed by atoms with Crippen molar-refractivity contribution in [2.24, 2.45) is 0 Å². The number of carbonyl (C=O) groups is 2. The molecule has 1 aliphatic heterocycles. The van der Waals surface area contributed by atoms with Crippen LogP contribution in [0.5, 0.6) is 0 Å². The van der Waals surface area contributed by atoms with Gasteiger partial charge in [-0.25, -0.2) is 0 Å². The van der Waals surface area contributed by atoms with Crippen LogP contribution in [-0.4, -0.2) is 11.8 Å². The first-order valence-electron chi connectivity index (χ1n) is 6.25. The molecule has 1 aromatic rings. The summed E-state index contributed by atoms with van der Waals surface area (Å²) in [6.45, 7) is 0. The number of rotatable bonds is 1. The lowest BCUT2D eigenvalue weighted by molar-refractivity contribution is 0.0879. The molecule has 3 heteroatoms. The van der Waals surface area contributed by atoms with Crippen LogP contribution in [0.25, 0.3) is 0 Å². The van der Waals surface area contributed by atoms with Gasteiger partial charge in [0, 0.05) is 0 Å². The fraction of sp³-hybridized carbons (Fsp3) is 0.429. The second-order valence-electron chi connectivity index (χ2n) is 4.92. The molecule has 1 aromatic carbocycles. The molecule has 0 atom stereocenters. The zero-order valence-corrected chi connectivity index (χ0v) is 9.66. The van der Waals surface area contributed by atoms with E-state index in [0.29, 0.717) is 17.0 Å². The summed E-state index contributed by atoms with van der Waals surface area (Å²) in [5.74, 6) is 0.0559. The van der Waals surface area contributed by atoms with E-state index in [1.807, 2.05) is 12.1 Å². The largest absolute Gasteiger partial charge is 0.288 e. The summed E-state index contributed by atoms with van der Waals surface area (Å²) >= 11 is 0. The van der Waals surface area contributed by atoms with E-state index in [4.69, 9.17) is 0 Å². The molecule has 0 saturated heterocycles. The van der Waals surface area contributed by atoms with Gasteiger partial charge >= 0.3 is 0 Å². The number of nitrogens with one attached hydrogen (secondary N) is 1. The molecule has 1 heterocycles. The Kier molecular flexibility index (Phi) is 2.46. The lowest BCUT2D eigenvalue weighted by atomic mass is 9.83. The molecular weight excluding hydrogens is 214 g/mol. The van der Waals surface area contributed by atoms with Crippen LogP contribution in [0.2, 0.25) is 0 Å². The minimum absolute atomic E-state index is 0.248. The van der Waals surface area contributed by atoms with Gasteiger partial charge < -0.3 is 0 Å². The smallest absolute Gasteiger partial charge is 0.258 e. The molecule has 0 aromatic heterocycles. The van der Waals surface area contributed by atoms with Crippen molar-refractivity contribution in [2.45, 2.75) is 38.0 Å². The number of fused-ring (bicyclic) bond motifs is 1. The van der Waals surface area contributed by atoms with Crippen molar-refractivity contribution < 1.29 is 9.59 Å². The standard InChI is InChI=1S/C14H15NO2/c16-13-11-7-6-10(8-12(11)14(17)15-13)9-4-2-1-3-5-9/h6-9H,1-5H2,(H,15,16,17). The summed E-state index contributed by atoms with van der Waals surface area (Å²) in [6, 6.07) is 5.71. The highest BCUT2D eigenvalue weighted by Gasteiger charge is 2.27. The summed E-state index contributed by atoms with van der Waals surface area (Å²) in [5, 5.41) is 2.33. The third-order valence-electron chi connectivity index (χ3n) is 3.84. The van der Waals surface area contributed by atoms with Gasteiger partial charge in [0.25, 0.3) is 11.8 Å². The van der Waals surface area contributed by atoms with Crippen LogP contribution in [0, 0.1) is 0 Å². The maximum absolute atomic E-state index is 11.6. The number of carbonyl (C=O) groups excluding carboxylic acids is 2. The van der Waals surface area contributed by atoms with Gasteiger partial charge in [0.1, 0.15) is 0 Å². The lowest BCUT2D eigenvalue weighted by Gasteiger charge is -2.22. The highest BCUT2D eigenvalue weighted by molar-refractivity contribution is 6.21. The van der Waals surface area contributed by atoms with Crippen molar-refractivity contribution in [1.29, 1.82) is 0 Å². The van der Waals surface area contributed by atoms with E-state index in [0.717, 1.165) is 0 Å². The molecule has 17 heavy (non-hydrogen) atoms. The Labute approximate surface area is 100 Å². The first kappa shape index (κ1) is 10.5. The zero-order chi connectivity index (χ0) is 11.8. The maximum atomic E-state index is 11.6. The average molecular weight is 229 g/mol. The van der Waals surface area contributed by atoms with Gasteiger partial charge in [0.15, 0.2) is 0 Å². The van der Waals surface area contributed by atoms with Crippen molar-refractivity contribution in [3.63, 3.8) is 0 Å². The van der Waals surface area contributed by atoms with Crippen LogP contribution in [0.3, 0.4) is 0 Å². The summed E-state index contributed by atoms with van der Waals surface area (Å²) in [5.41, 5.74) is 2.29. The van der Waals surface area contributed by atoms with Gasteiger partial charge in [-0.15, -0.1) is 0 Å². The molecule has 0 unspecified atom stereocenters. The quantitative estimate of drug-likeness (QED) is 0.752. The molecule has 0 spiro atoms. The maximum Gasteiger partial charge on any atom is 0.258 e. The second-order valence-corrected chi connectivity index (χ2v) is 4.92. The summed E-state index contributed by atoms with van der Waals surface area (Å²) < 4.78 is 0. The van der Waals surface area contributed by atoms with E-state index in [2.05, 4.69) is 5.32 Å². The van der Waals surface area contributed by atoms with Crippen LogP contribution >= 0.6 is 0 Å². The number of imide groups is 1.